The van der Waals surface area contributed by atoms with Crippen molar-refractivity contribution in [3.8, 4) is 0 Å². The number of rotatable bonds is 3. The maximum Gasteiger partial charge on any atom is 0.253 e. The Morgan fingerprint density at radius 3 is 2.81 bits per heavy atom. The number of likely N-dealkylation sites (tertiary alicyclic amines) is 1. The highest BCUT2D eigenvalue weighted by Crippen LogP contribution is 2.39. The third-order valence-electron chi connectivity index (χ3n) is 5.89. The lowest BCUT2D eigenvalue weighted by atomic mass is 9.78. The van der Waals surface area contributed by atoms with Crippen LogP contribution in [0.15, 0.2) is 30.5 Å². The molecule has 0 saturated carbocycles. The van der Waals surface area contributed by atoms with E-state index in [9.17, 15) is 14.4 Å². The van der Waals surface area contributed by atoms with Crippen LogP contribution in [0.1, 0.15) is 56.8 Å². The highest BCUT2D eigenvalue weighted by Gasteiger charge is 2.47. The Balaban J connectivity index is 1.47. The molecule has 8 heteroatoms. The van der Waals surface area contributed by atoms with Crippen LogP contribution in [0.25, 0.3) is 10.2 Å². The first kappa shape index (κ1) is 21.5. The van der Waals surface area contributed by atoms with Gasteiger partial charge in [-0.25, -0.2) is 4.98 Å². The monoisotopic (exact) mass is 440 g/mol. The number of piperidine rings is 1. The predicted molar refractivity (Wildman–Crippen MR) is 122 cm³/mol. The molecular formula is C23H28N4O3S. The minimum atomic E-state index is -0.504. The molecule has 2 N–H and O–H groups in total. The number of amides is 3. The fourth-order valence-electron chi connectivity index (χ4n) is 4.23. The van der Waals surface area contributed by atoms with Gasteiger partial charge in [0.05, 0.1) is 15.6 Å². The molecule has 2 saturated heterocycles. The molecule has 1 spiro atoms. The van der Waals surface area contributed by atoms with Crippen LogP contribution < -0.4 is 10.6 Å². The number of thiazole rings is 1. The highest BCUT2D eigenvalue weighted by molar-refractivity contribution is 7.22. The lowest BCUT2D eigenvalue weighted by Gasteiger charge is -2.33. The number of allylic oxidation sites excluding steroid dienone is 1. The molecule has 1 aromatic heterocycles. The van der Waals surface area contributed by atoms with Gasteiger partial charge in [-0.15, -0.1) is 0 Å². The van der Waals surface area contributed by atoms with Crippen LogP contribution in [0, 0.1) is 10.8 Å². The van der Waals surface area contributed by atoms with Gasteiger partial charge >= 0.3 is 0 Å². The second-order valence-electron chi connectivity index (χ2n) is 9.80. The third-order valence-corrected chi connectivity index (χ3v) is 6.82. The minimum Gasteiger partial charge on any atom is -0.338 e. The second-order valence-corrected chi connectivity index (χ2v) is 10.8. The lowest BCUT2D eigenvalue weighted by molar-refractivity contribution is -0.131. The van der Waals surface area contributed by atoms with Crippen molar-refractivity contribution in [2.75, 3.05) is 18.4 Å². The van der Waals surface area contributed by atoms with E-state index in [1.165, 1.54) is 11.3 Å². The Morgan fingerprint density at radius 1 is 1.32 bits per heavy atom. The van der Waals surface area contributed by atoms with E-state index in [0.29, 0.717) is 36.6 Å². The standard InChI is InChI=1S/C23H28N4O3S/c1-14-7-8-23(20(30)24-14)9-10-27(13-23)19(29)15-5-6-16-17(11-15)31-21(25-16)26-18(28)12-22(2,3)4/h5-6,11H,1,7-10,12-13H2,2-4H3,(H,24,30)(H,25,26,28). The Morgan fingerprint density at radius 2 is 2.10 bits per heavy atom. The number of carbonyl (C=O) groups is 3. The van der Waals surface area contributed by atoms with Gasteiger partial charge in [0.1, 0.15) is 0 Å². The van der Waals surface area contributed by atoms with Gasteiger partial charge in [-0.05, 0) is 42.9 Å². The minimum absolute atomic E-state index is 0.0207. The number of aromatic nitrogens is 1. The fourth-order valence-corrected chi connectivity index (χ4v) is 5.15. The summed E-state index contributed by atoms with van der Waals surface area (Å²) in [5.41, 5.74) is 1.46. The Labute approximate surface area is 185 Å². The highest BCUT2D eigenvalue weighted by atomic mass is 32.1. The first-order chi connectivity index (χ1) is 14.5. The van der Waals surface area contributed by atoms with E-state index in [1.54, 1.807) is 11.0 Å². The Bertz CT molecular complexity index is 1080. The van der Waals surface area contributed by atoms with Crippen molar-refractivity contribution in [2.45, 2.75) is 46.5 Å². The molecule has 1 aromatic carbocycles. The number of fused-ring (bicyclic) bond motifs is 1. The summed E-state index contributed by atoms with van der Waals surface area (Å²) < 4.78 is 0.845. The quantitative estimate of drug-likeness (QED) is 0.757. The predicted octanol–water partition coefficient (Wildman–Crippen LogP) is 3.93. The number of benzene rings is 1. The molecule has 0 aliphatic carbocycles. The SMILES string of the molecule is C=C1CCC2(CCN(C(=O)c3ccc4nc(NC(=O)CC(C)(C)C)sc4c3)C2)C(=O)N1. The average Bonchev–Trinajstić information content (AvgIpc) is 3.27. The van der Waals surface area contributed by atoms with E-state index < -0.39 is 5.41 Å². The fraction of sp³-hybridized carbons (Fsp3) is 0.478. The summed E-state index contributed by atoms with van der Waals surface area (Å²) in [5, 5.41) is 6.25. The smallest absolute Gasteiger partial charge is 0.253 e. The zero-order chi connectivity index (χ0) is 22.4. The summed E-state index contributed by atoms with van der Waals surface area (Å²) >= 11 is 1.36. The molecule has 3 amide bonds. The first-order valence-corrected chi connectivity index (χ1v) is 11.4. The van der Waals surface area contributed by atoms with E-state index in [4.69, 9.17) is 0 Å². The molecule has 1 unspecified atom stereocenters. The number of hydrogen-bond donors (Lipinski definition) is 2. The molecule has 31 heavy (non-hydrogen) atoms. The van der Waals surface area contributed by atoms with Crippen LogP contribution in [0.4, 0.5) is 5.13 Å². The van der Waals surface area contributed by atoms with Crippen molar-refractivity contribution in [3.05, 3.63) is 36.0 Å². The average molecular weight is 441 g/mol. The second kappa shape index (κ2) is 7.75. The number of hydrogen-bond acceptors (Lipinski definition) is 5. The third kappa shape index (κ3) is 4.49. The zero-order valence-electron chi connectivity index (χ0n) is 18.2. The van der Waals surface area contributed by atoms with Crippen LogP contribution in [0.2, 0.25) is 0 Å². The molecule has 164 valence electrons. The van der Waals surface area contributed by atoms with Gasteiger partial charge in [-0.1, -0.05) is 38.7 Å². The van der Waals surface area contributed by atoms with E-state index in [-0.39, 0.29) is 23.1 Å². The first-order valence-electron chi connectivity index (χ1n) is 10.5. The zero-order valence-corrected chi connectivity index (χ0v) is 19.0. The van der Waals surface area contributed by atoms with Gasteiger partial charge in [0.25, 0.3) is 5.91 Å². The Kier molecular flexibility index (Phi) is 5.37. The molecule has 1 atom stereocenters. The lowest BCUT2D eigenvalue weighted by Crippen LogP contribution is -2.46. The molecule has 7 nitrogen and oxygen atoms in total. The Hall–Kier alpha value is -2.74. The van der Waals surface area contributed by atoms with Crippen molar-refractivity contribution in [1.82, 2.24) is 15.2 Å². The van der Waals surface area contributed by atoms with Crippen molar-refractivity contribution >= 4 is 44.4 Å². The summed E-state index contributed by atoms with van der Waals surface area (Å²) in [5.74, 6) is -0.172. The van der Waals surface area contributed by atoms with Crippen molar-refractivity contribution in [1.29, 1.82) is 0 Å². The van der Waals surface area contributed by atoms with E-state index in [0.717, 1.165) is 28.8 Å². The van der Waals surface area contributed by atoms with Crippen molar-refractivity contribution < 1.29 is 14.4 Å². The molecule has 4 rings (SSSR count). The number of carbonyl (C=O) groups excluding carboxylic acids is 3. The molecule has 3 heterocycles. The molecule has 2 aliphatic rings. The molecule has 2 aliphatic heterocycles. The summed E-state index contributed by atoms with van der Waals surface area (Å²) in [6, 6.07) is 5.39. The molecule has 0 bridgehead atoms. The molecular weight excluding hydrogens is 412 g/mol. The van der Waals surface area contributed by atoms with Crippen molar-refractivity contribution in [2.24, 2.45) is 10.8 Å². The normalized spacial score (nSPS) is 21.6. The van der Waals surface area contributed by atoms with Crippen LogP contribution in [0.3, 0.4) is 0 Å². The number of anilines is 1. The van der Waals surface area contributed by atoms with Crippen LogP contribution >= 0.6 is 11.3 Å². The van der Waals surface area contributed by atoms with Gasteiger partial charge in [0.2, 0.25) is 11.8 Å². The summed E-state index contributed by atoms with van der Waals surface area (Å²) in [6.07, 6.45) is 2.56. The molecule has 0 radical (unpaired) electrons. The van der Waals surface area contributed by atoms with Gasteiger partial charge < -0.3 is 15.5 Å². The van der Waals surface area contributed by atoms with Gasteiger partial charge in [0.15, 0.2) is 5.13 Å². The van der Waals surface area contributed by atoms with E-state index >= 15 is 0 Å². The van der Waals surface area contributed by atoms with Gasteiger partial charge in [-0.3, -0.25) is 14.4 Å². The van der Waals surface area contributed by atoms with E-state index in [2.05, 4.69) is 22.2 Å². The van der Waals surface area contributed by atoms with Gasteiger partial charge in [0, 0.05) is 30.8 Å². The molecule has 2 aromatic rings. The number of nitrogens with one attached hydrogen (secondary N) is 2. The largest absolute Gasteiger partial charge is 0.338 e. The number of nitrogens with zero attached hydrogens (tertiary/aromatic N) is 2. The van der Waals surface area contributed by atoms with Crippen LogP contribution in [-0.2, 0) is 9.59 Å². The summed E-state index contributed by atoms with van der Waals surface area (Å²) in [4.78, 5) is 44.1. The maximum atomic E-state index is 13.1. The summed E-state index contributed by atoms with van der Waals surface area (Å²) in [7, 11) is 0. The van der Waals surface area contributed by atoms with Crippen molar-refractivity contribution in [3.63, 3.8) is 0 Å². The maximum absolute atomic E-state index is 13.1. The van der Waals surface area contributed by atoms with Gasteiger partial charge in [-0.2, -0.15) is 0 Å². The van der Waals surface area contributed by atoms with E-state index in [1.807, 2.05) is 32.9 Å². The van der Waals surface area contributed by atoms with Crippen LogP contribution in [-0.4, -0.2) is 40.7 Å². The summed E-state index contributed by atoms with van der Waals surface area (Å²) in [6.45, 7) is 10.9. The topological polar surface area (TPSA) is 91.4 Å². The van der Waals surface area contributed by atoms with Crippen LogP contribution in [0.5, 0.6) is 0 Å². The molecule has 2 fully saturated rings.